The predicted octanol–water partition coefficient (Wildman–Crippen LogP) is 6.38. The van der Waals surface area contributed by atoms with Gasteiger partial charge in [0.05, 0.1) is 34.5 Å². The SMILES string of the molecule is N=C(CC(=Nc1ccccc1Cl)c1ccc(C(=O)OCc2ccoc2)cc1)C(F)(F)F. The molecule has 31 heavy (non-hydrogen) atoms. The molecule has 0 fully saturated rings. The van der Waals surface area contributed by atoms with E-state index in [9.17, 15) is 18.0 Å². The lowest BCUT2D eigenvalue weighted by Crippen LogP contribution is -2.25. The molecule has 0 aliphatic carbocycles. The zero-order chi connectivity index (χ0) is 22.4. The summed E-state index contributed by atoms with van der Waals surface area (Å²) in [7, 11) is 0. The number of furan rings is 1. The Labute approximate surface area is 180 Å². The number of ether oxygens (including phenoxy) is 1. The Morgan fingerprint density at radius 3 is 2.35 bits per heavy atom. The van der Waals surface area contributed by atoms with Crippen molar-refractivity contribution in [2.24, 2.45) is 4.99 Å². The number of alkyl halides is 3. The van der Waals surface area contributed by atoms with Gasteiger partial charge >= 0.3 is 12.1 Å². The molecule has 3 aromatic rings. The van der Waals surface area contributed by atoms with Crippen molar-refractivity contribution in [2.45, 2.75) is 19.2 Å². The highest BCUT2D eigenvalue weighted by Gasteiger charge is 2.35. The van der Waals surface area contributed by atoms with Crippen molar-refractivity contribution >= 4 is 34.7 Å². The molecule has 0 aliphatic heterocycles. The number of nitrogens with zero attached hydrogens (tertiary/aromatic N) is 1. The average molecular weight is 449 g/mol. The molecule has 0 atom stereocenters. The number of hydrogen-bond acceptors (Lipinski definition) is 5. The van der Waals surface area contributed by atoms with Crippen LogP contribution in [0.15, 0.2) is 76.5 Å². The molecule has 0 saturated carbocycles. The van der Waals surface area contributed by atoms with Gasteiger partial charge in [-0.1, -0.05) is 35.9 Å². The van der Waals surface area contributed by atoms with E-state index in [-0.39, 0.29) is 28.6 Å². The Morgan fingerprint density at radius 2 is 1.74 bits per heavy atom. The van der Waals surface area contributed by atoms with Crippen LogP contribution in [0.25, 0.3) is 0 Å². The van der Waals surface area contributed by atoms with E-state index in [0.29, 0.717) is 11.1 Å². The second-order valence-electron chi connectivity index (χ2n) is 6.45. The molecule has 1 heterocycles. The first-order valence-corrected chi connectivity index (χ1v) is 9.37. The molecule has 0 aliphatic rings. The minimum absolute atomic E-state index is 0.00580. The van der Waals surface area contributed by atoms with Crippen molar-refractivity contribution < 1.29 is 27.1 Å². The fourth-order valence-corrected chi connectivity index (χ4v) is 2.75. The Bertz CT molecular complexity index is 1090. The minimum atomic E-state index is -4.78. The van der Waals surface area contributed by atoms with Crippen LogP contribution in [0, 0.1) is 5.41 Å². The lowest BCUT2D eigenvalue weighted by atomic mass is 10.0. The summed E-state index contributed by atoms with van der Waals surface area (Å²) in [5.74, 6) is -0.597. The molecule has 1 aromatic heterocycles. The number of esters is 1. The largest absolute Gasteiger partial charge is 0.472 e. The number of carbonyl (C=O) groups is 1. The van der Waals surface area contributed by atoms with Gasteiger partial charge in [0.2, 0.25) is 0 Å². The van der Waals surface area contributed by atoms with Crippen molar-refractivity contribution in [3.8, 4) is 0 Å². The van der Waals surface area contributed by atoms with Crippen molar-refractivity contribution in [2.75, 3.05) is 0 Å². The maximum absolute atomic E-state index is 12.9. The van der Waals surface area contributed by atoms with E-state index in [1.807, 2.05) is 0 Å². The molecule has 0 spiro atoms. The molecule has 2 aromatic carbocycles. The number of carbonyl (C=O) groups excluding carboxylic acids is 1. The zero-order valence-electron chi connectivity index (χ0n) is 15.9. The normalized spacial score (nSPS) is 11.9. The van der Waals surface area contributed by atoms with Gasteiger partial charge in [0.15, 0.2) is 0 Å². The second kappa shape index (κ2) is 9.61. The summed E-state index contributed by atoms with van der Waals surface area (Å²) >= 11 is 6.08. The number of para-hydroxylation sites is 1. The molecule has 0 saturated heterocycles. The topological polar surface area (TPSA) is 75.7 Å². The van der Waals surface area contributed by atoms with E-state index in [0.717, 1.165) is 0 Å². The van der Waals surface area contributed by atoms with Crippen LogP contribution in [0.5, 0.6) is 0 Å². The summed E-state index contributed by atoms with van der Waals surface area (Å²) in [6.45, 7) is 0.0268. The fourth-order valence-electron chi connectivity index (χ4n) is 2.57. The third-order valence-electron chi connectivity index (χ3n) is 4.20. The van der Waals surface area contributed by atoms with Gasteiger partial charge in [0.25, 0.3) is 0 Å². The average Bonchev–Trinajstić information content (AvgIpc) is 3.26. The smallest absolute Gasteiger partial charge is 0.429 e. The van der Waals surface area contributed by atoms with E-state index in [2.05, 4.69) is 4.99 Å². The predicted molar refractivity (Wildman–Crippen MR) is 110 cm³/mol. The van der Waals surface area contributed by atoms with Crippen LogP contribution in [0.3, 0.4) is 0 Å². The summed E-state index contributed by atoms with van der Waals surface area (Å²) in [5, 5.41) is 7.61. The van der Waals surface area contributed by atoms with Crippen LogP contribution in [0.4, 0.5) is 18.9 Å². The van der Waals surface area contributed by atoms with Crippen LogP contribution >= 0.6 is 11.6 Å². The summed E-state index contributed by atoms with van der Waals surface area (Å²) in [6, 6.07) is 13.8. The molecule has 9 heteroatoms. The molecule has 1 N–H and O–H groups in total. The molecule has 0 unspecified atom stereocenters. The lowest BCUT2D eigenvalue weighted by molar-refractivity contribution is -0.0605. The number of benzene rings is 2. The van der Waals surface area contributed by atoms with E-state index >= 15 is 0 Å². The standard InChI is InChI=1S/C22H16ClF3N2O3/c23-17-3-1-2-4-18(17)28-19(11-20(27)22(24,25)26)15-5-7-16(8-6-15)21(29)31-13-14-9-10-30-12-14/h1-10,12,27H,11,13H2. The zero-order valence-corrected chi connectivity index (χ0v) is 16.7. The summed E-state index contributed by atoms with van der Waals surface area (Å²) in [4.78, 5) is 16.4. The minimum Gasteiger partial charge on any atom is -0.472 e. The number of aliphatic imine (C=N–C) groups is 1. The van der Waals surface area contributed by atoms with Gasteiger partial charge in [0.1, 0.15) is 12.3 Å². The number of hydrogen-bond donors (Lipinski definition) is 1. The van der Waals surface area contributed by atoms with E-state index in [4.69, 9.17) is 26.2 Å². The van der Waals surface area contributed by atoms with Crippen LogP contribution in [-0.2, 0) is 11.3 Å². The maximum Gasteiger partial charge on any atom is 0.429 e. The molecule has 0 radical (unpaired) electrons. The van der Waals surface area contributed by atoms with Gasteiger partial charge < -0.3 is 14.6 Å². The highest BCUT2D eigenvalue weighted by molar-refractivity contribution is 6.33. The molecule has 3 rings (SSSR count). The van der Waals surface area contributed by atoms with Crippen LogP contribution < -0.4 is 0 Å². The molecular weight excluding hydrogens is 433 g/mol. The first kappa shape index (κ1) is 22.3. The van der Waals surface area contributed by atoms with Crippen molar-refractivity contribution in [1.82, 2.24) is 0 Å². The fraction of sp³-hybridized carbons (Fsp3) is 0.136. The van der Waals surface area contributed by atoms with Gasteiger partial charge in [0, 0.05) is 12.0 Å². The Balaban J connectivity index is 1.84. The van der Waals surface area contributed by atoms with Gasteiger partial charge in [-0.25, -0.2) is 4.79 Å². The van der Waals surface area contributed by atoms with Gasteiger partial charge in [-0.3, -0.25) is 4.99 Å². The van der Waals surface area contributed by atoms with Crippen LogP contribution in [0.1, 0.15) is 27.9 Å². The second-order valence-corrected chi connectivity index (χ2v) is 6.86. The quantitative estimate of drug-likeness (QED) is 0.336. The summed E-state index contributed by atoms with van der Waals surface area (Å²) < 4.78 is 48.9. The molecule has 5 nitrogen and oxygen atoms in total. The van der Waals surface area contributed by atoms with Gasteiger partial charge in [-0.15, -0.1) is 0 Å². The summed E-state index contributed by atoms with van der Waals surface area (Å²) in [6.07, 6.45) is -2.63. The molecular formula is C22H16ClF3N2O3. The highest BCUT2D eigenvalue weighted by atomic mass is 35.5. The van der Waals surface area contributed by atoms with E-state index in [1.54, 1.807) is 30.3 Å². The number of nitrogens with one attached hydrogen (secondary N) is 1. The van der Waals surface area contributed by atoms with Crippen molar-refractivity contribution in [1.29, 1.82) is 5.41 Å². The molecule has 160 valence electrons. The number of halogens is 4. The molecule has 0 amide bonds. The summed E-state index contributed by atoms with van der Waals surface area (Å²) in [5.41, 5.74) is 0.0497. The Kier molecular flexibility index (Phi) is 6.91. The highest BCUT2D eigenvalue weighted by Crippen LogP contribution is 2.27. The van der Waals surface area contributed by atoms with Crippen molar-refractivity contribution in [3.05, 3.63) is 88.8 Å². The van der Waals surface area contributed by atoms with Crippen LogP contribution in [-0.4, -0.2) is 23.6 Å². The third kappa shape index (κ3) is 6.05. The first-order valence-electron chi connectivity index (χ1n) is 8.99. The molecule has 0 bridgehead atoms. The maximum atomic E-state index is 12.9. The number of rotatable bonds is 7. The van der Waals surface area contributed by atoms with E-state index < -0.39 is 24.3 Å². The van der Waals surface area contributed by atoms with E-state index in [1.165, 1.54) is 36.8 Å². The van der Waals surface area contributed by atoms with Gasteiger partial charge in [-0.05, 0) is 35.9 Å². The Hall–Kier alpha value is -3.39. The van der Waals surface area contributed by atoms with Crippen LogP contribution in [0.2, 0.25) is 5.02 Å². The van der Waals surface area contributed by atoms with Gasteiger partial charge in [-0.2, -0.15) is 13.2 Å². The lowest BCUT2D eigenvalue weighted by Gasteiger charge is -2.12. The third-order valence-corrected chi connectivity index (χ3v) is 4.52. The Morgan fingerprint density at radius 1 is 1.06 bits per heavy atom. The van der Waals surface area contributed by atoms with Crippen molar-refractivity contribution in [3.63, 3.8) is 0 Å². The first-order chi connectivity index (χ1) is 14.7. The monoisotopic (exact) mass is 448 g/mol.